The van der Waals surface area contributed by atoms with E-state index >= 15 is 0 Å². The molecule has 4 rings (SSSR count). The molecule has 0 fully saturated rings. The van der Waals surface area contributed by atoms with Crippen molar-refractivity contribution >= 4 is 22.5 Å². The Hall–Kier alpha value is -2.65. The Kier molecular flexibility index (Phi) is 3.13. The van der Waals surface area contributed by atoms with E-state index in [-0.39, 0.29) is 0 Å². The summed E-state index contributed by atoms with van der Waals surface area (Å²) in [7, 11) is 0. The lowest BCUT2D eigenvalue weighted by Crippen LogP contribution is -1.81. The van der Waals surface area contributed by atoms with E-state index < -0.39 is 0 Å². The van der Waals surface area contributed by atoms with Crippen molar-refractivity contribution in [2.75, 3.05) is 0 Å². The second-order valence-electron chi connectivity index (χ2n) is 5.07. The Morgan fingerprint density at radius 3 is 2.09 bits per heavy atom. The number of rotatable bonds is 2. The average molecular weight is 306 g/mol. The van der Waals surface area contributed by atoms with E-state index in [9.17, 15) is 0 Å². The molecule has 3 nitrogen and oxygen atoms in total. The second kappa shape index (κ2) is 5.28. The fraction of sp³-hybridized carbons (Fsp3) is 0. The van der Waals surface area contributed by atoms with Crippen LogP contribution in [0.4, 0.5) is 0 Å². The highest BCUT2D eigenvalue weighted by Gasteiger charge is 2.09. The molecule has 106 valence electrons. The average Bonchev–Trinajstić information content (AvgIpc) is 2.98. The van der Waals surface area contributed by atoms with Crippen LogP contribution in [0.15, 0.2) is 67.3 Å². The van der Waals surface area contributed by atoms with Gasteiger partial charge in [-0.25, -0.2) is 0 Å². The Bertz CT molecular complexity index is 931. The van der Waals surface area contributed by atoms with Gasteiger partial charge >= 0.3 is 0 Å². The number of fused-ring (bicyclic) bond motifs is 1. The Labute approximate surface area is 132 Å². The monoisotopic (exact) mass is 305 g/mol. The molecule has 1 N–H and O–H groups in total. The highest BCUT2D eigenvalue weighted by Crippen LogP contribution is 2.33. The zero-order chi connectivity index (χ0) is 14.9. The standard InChI is InChI=1S/C18H12ClN3/c19-16-11-18-14(9-15(16)12-1-5-20-6-2-12)10-17(22-18)13-3-7-21-8-4-13/h1-11,22H. The van der Waals surface area contributed by atoms with Gasteiger partial charge in [-0.1, -0.05) is 11.6 Å². The molecule has 22 heavy (non-hydrogen) atoms. The molecule has 0 unspecified atom stereocenters. The summed E-state index contributed by atoms with van der Waals surface area (Å²) in [6.45, 7) is 0. The fourth-order valence-corrected chi connectivity index (χ4v) is 2.87. The van der Waals surface area contributed by atoms with Crippen LogP contribution in [0.5, 0.6) is 0 Å². The number of halogens is 1. The van der Waals surface area contributed by atoms with Gasteiger partial charge in [0.25, 0.3) is 0 Å². The van der Waals surface area contributed by atoms with Crippen LogP contribution in [0.3, 0.4) is 0 Å². The highest BCUT2D eigenvalue weighted by molar-refractivity contribution is 6.34. The molecule has 0 radical (unpaired) electrons. The van der Waals surface area contributed by atoms with Gasteiger partial charge in [-0.2, -0.15) is 0 Å². The number of hydrogen-bond donors (Lipinski definition) is 1. The SMILES string of the molecule is Clc1cc2[nH]c(-c3ccncc3)cc2cc1-c1ccncc1. The van der Waals surface area contributed by atoms with Gasteiger partial charge in [-0.15, -0.1) is 0 Å². The van der Waals surface area contributed by atoms with Crippen LogP contribution in [-0.2, 0) is 0 Å². The smallest absolute Gasteiger partial charge is 0.0505 e. The van der Waals surface area contributed by atoms with Gasteiger partial charge in [0, 0.05) is 52.5 Å². The van der Waals surface area contributed by atoms with Crippen LogP contribution in [0.1, 0.15) is 0 Å². The molecule has 0 aliphatic heterocycles. The molecule has 0 amide bonds. The van der Waals surface area contributed by atoms with E-state index in [2.05, 4.69) is 27.1 Å². The summed E-state index contributed by atoms with van der Waals surface area (Å²) in [6, 6.07) is 14.1. The molecule has 1 aromatic carbocycles. The summed E-state index contributed by atoms with van der Waals surface area (Å²) in [5.41, 5.74) is 5.26. The van der Waals surface area contributed by atoms with Gasteiger partial charge in [0.15, 0.2) is 0 Å². The number of benzene rings is 1. The summed E-state index contributed by atoms with van der Waals surface area (Å²) in [5.74, 6) is 0. The van der Waals surface area contributed by atoms with Crippen LogP contribution in [0.25, 0.3) is 33.3 Å². The number of hydrogen-bond acceptors (Lipinski definition) is 2. The van der Waals surface area contributed by atoms with Crippen molar-refractivity contribution in [3.8, 4) is 22.4 Å². The van der Waals surface area contributed by atoms with Crippen LogP contribution in [-0.4, -0.2) is 15.0 Å². The lowest BCUT2D eigenvalue weighted by atomic mass is 10.0. The molecule has 4 heteroatoms. The number of aromatic amines is 1. The molecule has 0 aliphatic rings. The normalized spacial score (nSPS) is 11.0. The molecule has 4 aromatic rings. The largest absolute Gasteiger partial charge is 0.354 e. The molecule has 0 aliphatic carbocycles. The van der Waals surface area contributed by atoms with E-state index in [1.807, 2.05) is 30.3 Å². The molecule has 3 heterocycles. The fourth-order valence-electron chi connectivity index (χ4n) is 2.59. The lowest BCUT2D eigenvalue weighted by Gasteiger charge is -2.04. The minimum absolute atomic E-state index is 0.724. The second-order valence-corrected chi connectivity index (χ2v) is 5.48. The van der Waals surface area contributed by atoms with Crippen molar-refractivity contribution < 1.29 is 0 Å². The zero-order valence-corrected chi connectivity index (χ0v) is 12.4. The third-order valence-corrected chi connectivity index (χ3v) is 4.00. The molecular formula is C18H12ClN3. The first-order valence-corrected chi connectivity index (χ1v) is 7.32. The molecule has 0 bridgehead atoms. The predicted octanol–water partition coefficient (Wildman–Crippen LogP) is 4.95. The summed E-state index contributed by atoms with van der Waals surface area (Å²) >= 11 is 6.44. The van der Waals surface area contributed by atoms with E-state index in [1.165, 1.54) is 0 Å². The summed E-state index contributed by atoms with van der Waals surface area (Å²) in [4.78, 5) is 11.5. The van der Waals surface area contributed by atoms with Crippen molar-refractivity contribution in [3.63, 3.8) is 0 Å². The first kappa shape index (κ1) is 13.0. The molecule has 0 atom stereocenters. The third-order valence-electron chi connectivity index (χ3n) is 3.69. The maximum Gasteiger partial charge on any atom is 0.0505 e. The minimum atomic E-state index is 0.724. The summed E-state index contributed by atoms with van der Waals surface area (Å²) in [6.07, 6.45) is 7.12. The van der Waals surface area contributed by atoms with Crippen molar-refractivity contribution in [1.82, 2.24) is 15.0 Å². The highest BCUT2D eigenvalue weighted by atomic mass is 35.5. The van der Waals surface area contributed by atoms with E-state index in [0.717, 1.165) is 38.3 Å². The van der Waals surface area contributed by atoms with Gasteiger partial charge < -0.3 is 4.98 Å². The Morgan fingerprint density at radius 1 is 0.773 bits per heavy atom. The van der Waals surface area contributed by atoms with Crippen molar-refractivity contribution in [3.05, 3.63) is 72.3 Å². The predicted molar refractivity (Wildman–Crippen MR) is 89.8 cm³/mol. The number of nitrogens with one attached hydrogen (secondary N) is 1. The van der Waals surface area contributed by atoms with Gasteiger partial charge in [-0.05, 0) is 48.0 Å². The van der Waals surface area contributed by atoms with Crippen LogP contribution in [0, 0.1) is 0 Å². The molecule has 3 aromatic heterocycles. The molecule has 0 spiro atoms. The quantitative estimate of drug-likeness (QED) is 0.569. The van der Waals surface area contributed by atoms with Gasteiger partial charge in [-0.3, -0.25) is 9.97 Å². The van der Waals surface area contributed by atoms with Crippen molar-refractivity contribution in [1.29, 1.82) is 0 Å². The number of H-pyrrole nitrogens is 1. The van der Waals surface area contributed by atoms with Gasteiger partial charge in [0.2, 0.25) is 0 Å². The van der Waals surface area contributed by atoms with Gasteiger partial charge in [0.05, 0.1) is 5.02 Å². The van der Waals surface area contributed by atoms with E-state index in [0.29, 0.717) is 0 Å². The first-order valence-electron chi connectivity index (χ1n) is 6.94. The first-order chi connectivity index (χ1) is 10.8. The topological polar surface area (TPSA) is 41.6 Å². The zero-order valence-electron chi connectivity index (χ0n) is 11.6. The number of nitrogens with zero attached hydrogens (tertiary/aromatic N) is 2. The lowest BCUT2D eigenvalue weighted by molar-refractivity contribution is 1.32. The van der Waals surface area contributed by atoms with E-state index in [1.54, 1.807) is 24.8 Å². The van der Waals surface area contributed by atoms with Crippen LogP contribution >= 0.6 is 11.6 Å². The third kappa shape index (κ3) is 2.26. The number of pyridine rings is 2. The summed E-state index contributed by atoms with van der Waals surface area (Å²) in [5, 5.41) is 1.85. The maximum absolute atomic E-state index is 6.44. The van der Waals surface area contributed by atoms with Crippen LogP contribution < -0.4 is 0 Å². The van der Waals surface area contributed by atoms with Crippen LogP contribution in [0.2, 0.25) is 5.02 Å². The summed E-state index contributed by atoms with van der Waals surface area (Å²) < 4.78 is 0. The number of aromatic nitrogens is 3. The van der Waals surface area contributed by atoms with E-state index in [4.69, 9.17) is 11.6 Å². The molecule has 0 saturated heterocycles. The minimum Gasteiger partial charge on any atom is -0.354 e. The Balaban J connectivity index is 1.88. The maximum atomic E-state index is 6.44. The van der Waals surface area contributed by atoms with Crippen molar-refractivity contribution in [2.45, 2.75) is 0 Å². The molecule has 0 saturated carbocycles. The van der Waals surface area contributed by atoms with Crippen molar-refractivity contribution in [2.24, 2.45) is 0 Å². The molecular weight excluding hydrogens is 294 g/mol. The van der Waals surface area contributed by atoms with Gasteiger partial charge in [0.1, 0.15) is 0 Å². The Morgan fingerprint density at radius 2 is 1.41 bits per heavy atom.